The molecule has 1 aromatic rings. The van der Waals surface area contributed by atoms with E-state index in [9.17, 15) is 13.2 Å². The molecule has 122 valence electrons. The van der Waals surface area contributed by atoms with Crippen molar-refractivity contribution in [2.75, 3.05) is 26.7 Å². The number of benzene rings is 1. The number of carbonyl (C=O) groups excluding carboxylic acids is 1. The summed E-state index contributed by atoms with van der Waals surface area (Å²) in [5.41, 5.74) is 0. The van der Waals surface area contributed by atoms with Crippen molar-refractivity contribution in [2.45, 2.75) is 17.7 Å². The third-order valence-electron chi connectivity index (χ3n) is 3.73. The fraction of sp³-hybridized carbons (Fsp3) is 0.500. The van der Waals surface area contributed by atoms with Crippen LogP contribution in [0, 0.1) is 5.92 Å². The first-order valence-corrected chi connectivity index (χ1v) is 9.28. The molecular weight excluding hydrogens is 372 g/mol. The molecule has 1 N–H and O–H groups in total. The topological polar surface area (TPSA) is 75.7 Å². The van der Waals surface area contributed by atoms with Gasteiger partial charge in [-0.25, -0.2) is 17.9 Å². The normalized spacial score (nSPS) is 16.5. The number of halogens is 1. The van der Waals surface area contributed by atoms with Gasteiger partial charge in [-0.3, -0.25) is 0 Å². The molecule has 1 aromatic carbocycles. The number of hydrogen-bond donors (Lipinski definition) is 1. The molecule has 2 rings (SSSR count). The Bertz CT molecular complexity index is 610. The number of carbonyl (C=O) groups is 1. The van der Waals surface area contributed by atoms with Crippen molar-refractivity contribution in [3.05, 3.63) is 28.7 Å². The van der Waals surface area contributed by atoms with E-state index in [0.29, 0.717) is 19.6 Å². The zero-order valence-corrected chi connectivity index (χ0v) is 14.7. The summed E-state index contributed by atoms with van der Waals surface area (Å²) in [6.45, 7) is 1.57. The Hall–Kier alpha value is -1.12. The summed E-state index contributed by atoms with van der Waals surface area (Å²) >= 11 is 3.28. The molecule has 0 spiro atoms. The van der Waals surface area contributed by atoms with Crippen molar-refractivity contribution in [3.8, 4) is 0 Å². The number of nitrogens with one attached hydrogen (secondary N) is 1. The first kappa shape index (κ1) is 17.2. The molecule has 1 amide bonds. The Kier molecular flexibility index (Phi) is 5.82. The van der Waals surface area contributed by atoms with Crippen molar-refractivity contribution in [1.82, 2.24) is 9.62 Å². The van der Waals surface area contributed by atoms with Crippen LogP contribution in [0.25, 0.3) is 0 Å². The van der Waals surface area contributed by atoms with Gasteiger partial charge in [0.05, 0.1) is 12.0 Å². The molecular formula is C14H19BrN2O4S. The summed E-state index contributed by atoms with van der Waals surface area (Å²) in [6.07, 6.45) is 1.20. The van der Waals surface area contributed by atoms with Crippen molar-refractivity contribution in [2.24, 2.45) is 5.92 Å². The number of methoxy groups -OCH3 is 1. The molecule has 1 fully saturated rings. The molecule has 0 bridgehead atoms. The highest BCUT2D eigenvalue weighted by Crippen LogP contribution is 2.19. The molecule has 6 nitrogen and oxygen atoms in total. The molecule has 0 saturated carbocycles. The number of hydrogen-bond acceptors (Lipinski definition) is 4. The Morgan fingerprint density at radius 3 is 2.45 bits per heavy atom. The van der Waals surface area contributed by atoms with Gasteiger partial charge in [-0.05, 0) is 43.0 Å². The fourth-order valence-electron chi connectivity index (χ4n) is 2.37. The highest BCUT2D eigenvalue weighted by molar-refractivity contribution is 9.10. The van der Waals surface area contributed by atoms with Gasteiger partial charge in [0, 0.05) is 24.1 Å². The predicted octanol–water partition coefficient (Wildman–Crippen LogP) is 2.21. The average molecular weight is 391 g/mol. The summed E-state index contributed by atoms with van der Waals surface area (Å²) in [7, 11) is -2.13. The van der Waals surface area contributed by atoms with Crippen LogP contribution in [0.4, 0.5) is 4.79 Å². The van der Waals surface area contributed by atoms with E-state index < -0.39 is 10.0 Å². The lowest BCUT2D eigenvalue weighted by molar-refractivity contribution is 0.106. The Balaban J connectivity index is 1.86. The van der Waals surface area contributed by atoms with Crippen LogP contribution in [0.1, 0.15) is 12.8 Å². The number of sulfonamides is 1. The zero-order chi connectivity index (χ0) is 16.2. The molecule has 8 heteroatoms. The Morgan fingerprint density at radius 2 is 1.91 bits per heavy atom. The van der Waals surface area contributed by atoms with E-state index in [-0.39, 0.29) is 16.9 Å². The molecule has 0 unspecified atom stereocenters. The van der Waals surface area contributed by atoms with Gasteiger partial charge in [0.25, 0.3) is 0 Å². The van der Waals surface area contributed by atoms with Gasteiger partial charge >= 0.3 is 6.09 Å². The third kappa shape index (κ3) is 4.44. The number of rotatable bonds is 4. The second-order valence-electron chi connectivity index (χ2n) is 5.21. The SMILES string of the molecule is COC(=O)N1CCC(CNS(=O)(=O)c2ccc(Br)cc2)CC1. The van der Waals surface area contributed by atoms with Crippen LogP contribution in [-0.4, -0.2) is 46.2 Å². The maximum Gasteiger partial charge on any atom is 0.409 e. The van der Waals surface area contributed by atoms with Gasteiger partial charge in [-0.1, -0.05) is 15.9 Å². The maximum absolute atomic E-state index is 12.2. The molecule has 22 heavy (non-hydrogen) atoms. The lowest BCUT2D eigenvalue weighted by Crippen LogP contribution is -2.41. The van der Waals surface area contributed by atoms with Crippen LogP contribution in [-0.2, 0) is 14.8 Å². The smallest absolute Gasteiger partial charge is 0.409 e. The lowest BCUT2D eigenvalue weighted by Gasteiger charge is -2.30. The monoisotopic (exact) mass is 390 g/mol. The van der Waals surface area contributed by atoms with E-state index in [1.165, 1.54) is 7.11 Å². The van der Waals surface area contributed by atoms with Crippen LogP contribution in [0.5, 0.6) is 0 Å². The number of likely N-dealkylation sites (tertiary alicyclic amines) is 1. The quantitative estimate of drug-likeness (QED) is 0.854. The van der Waals surface area contributed by atoms with E-state index in [0.717, 1.165) is 17.3 Å². The van der Waals surface area contributed by atoms with Gasteiger partial charge in [0.1, 0.15) is 0 Å². The second kappa shape index (κ2) is 7.43. The van der Waals surface area contributed by atoms with E-state index in [1.54, 1.807) is 29.2 Å². The van der Waals surface area contributed by atoms with Crippen molar-refractivity contribution >= 4 is 32.0 Å². The minimum Gasteiger partial charge on any atom is -0.453 e. The van der Waals surface area contributed by atoms with E-state index in [4.69, 9.17) is 0 Å². The minimum absolute atomic E-state index is 0.228. The van der Waals surface area contributed by atoms with Crippen molar-refractivity contribution in [1.29, 1.82) is 0 Å². The molecule has 0 aromatic heterocycles. The summed E-state index contributed by atoms with van der Waals surface area (Å²) in [6, 6.07) is 6.52. The second-order valence-corrected chi connectivity index (χ2v) is 7.89. The minimum atomic E-state index is -3.49. The predicted molar refractivity (Wildman–Crippen MR) is 86.0 cm³/mol. The number of amides is 1. The Morgan fingerprint density at radius 1 is 1.32 bits per heavy atom. The van der Waals surface area contributed by atoms with Gasteiger partial charge in [0.15, 0.2) is 0 Å². The van der Waals surface area contributed by atoms with E-state index >= 15 is 0 Å². The van der Waals surface area contributed by atoms with Crippen LogP contribution in [0.2, 0.25) is 0 Å². The van der Waals surface area contributed by atoms with Crippen molar-refractivity contribution in [3.63, 3.8) is 0 Å². The molecule has 0 atom stereocenters. The third-order valence-corrected chi connectivity index (χ3v) is 5.70. The molecule has 0 aliphatic carbocycles. The largest absolute Gasteiger partial charge is 0.453 e. The average Bonchev–Trinajstić information content (AvgIpc) is 2.53. The highest BCUT2D eigenvalue weighted by atomic mass is 79.9. The van der Waals surface area contributed by atoms with E-state index in [1.807, 2.05) is 0 Å². The van der Waals surface area contributed by atoms with Gasteiger partial charge in [-0.15, -0.1) is 0 Å². The van der Waals surface area contributed by atoms with Gasteiger partial charge in [-0.2, -0.15) is 0 Å². The maximum atomic E-state index is 12.2. The highest BCUT2D eigenvalue weighted by Gasteiger charge is 2.24. The number of nitrogens with zero attached hydrogens (tertiary/aromatic N) is 1. The van der Waals surface area contributed by atoms with Crippen LogP contribution in [0.15, 0.2) is 33.6 Å². The molecule has 1 saturated heterocycles. The Labute approximate surface area is 139 Å². The zero-order valence-electron chi connectivity index (χ0n) is 12.3. The molecule has 0 radical (unpaired) electrons. The summed E-state index contributed by atoms with van der Waals surface area (Å²) < 4.78 is 32.5. The van der Waals surface area contributed by atoms with Crippen LogP contribution < -0.4 is 4.72 Å². The summed E-state index contributed by atoms with van der Waals surface area (Å²) in [5, 5.41) is 0. The summed E-state index contributed by atoms with van der Waals surface area (Å²) in [5.74, 6) is 0.228. The number of ether oxygens (including phenoxy) is 1. The lowest BCUT2D eigenvalue weighted by atomic mass is 9.97. The molecule has 1 aliphatic heterocycles. The van der Waals surface area contributed by atoms with Crippen molar-refractivity contribution < 1.29 is 17.9 Å². The first-order valence-electron chi connectivity index (χ1n) is 7.00. The first-order chi connectivity index (χ1) is 10.4. The van der Waals surface area contributed by atoms with Crippen LogP contribution >= 0.6 is 15.9 Å². The van der Waals surface area contributed by atoms with E-state index in [2.05, 4.69) is 25.4 Å². The molecule has 1 aliphatic rings. The fourth-order valence-corrected chi connectivity index (χ4v) is 3.75. The number of piperidine rings is 1. The van der Waals surface area contributed by atoms with Gasteiger partial charge in [0.2, 0.25) is 10.0 Å². The summed E-state index contributed by atoms with van der Waals surface area (Å²) in [4.78, 5) is 13.3. The van der Waals surface area contributed by atoms with Crippen LogP contribution in [0.3, 0.4) is 0 Å². The standard InChI is InChI=1S/C14H19BrN2O4S/c1-21-14(18)17-8-6-11(7-9-17)10-16-22(19,20)13-4-2-12(15)3-5-13/h2-5,11,16H,6-10H2,1H3. The van der Waals surface area contributed by atoms with Gasteiger partial charge < -0.3 is 9.64 Å². The molecule has 1 heterocycles.